The van der Waals surface area contributed by atoms with Gasteiger partial charge in [-0.25, -0.2) is 0 Å². The van der Waals surface area contributed by atoms with Crippen molar-refractivity contribution < 1.29 is 0 Å². The van der Waals surface area contributed by atoms with Crippen molar-refractivity contribution in [2.75, 3.05) is 5.32 Å². The van der Waals surface area contributed by atoms with Crippen molar-refractivity contribution in [1.82, 2.24) is 0 Å². The summed E-state index contributed by atoms with van der Waals surface area (Å²) in [5.41, 5.74) is 5.65. The fraction of sp³-hybridized carbons (Fsp3) is 0.294. The molecule has 1 aliphatic carbocycles. The summed E-state index contributed by atoms with van der Waals surface area (Å²) in [6.45, 7) is 2.17. The molecule has 1 N–H and O–H groups in total. The molecule has 18 heavy (non-hydrogen) atoms. The van der Waals surface area contributed by atoms with Gasteiger partial charge in [-0.2, -0.15) is 0 Å². The van der Waals surface area contributed by atoms with Crippen molar-refractivity contribution in [2.24, 2.45) is 0 Å². The number of hydrogen-bond acceptors (Lipinski definition) is 1. The highest BCUT2D eigenvalue weighted by atomic mass is 14.9. The predicted octanol–water partition coefficient (Wildman–Crippen LogP) is 3.96. The molecule has 2 aromatic rings. The molecule has 3 rings (SSSR count). The molecule has 0 amide bonds. The van der Waals surface area contributed by atoms with E-state index in [0.717, 1.165) is 6.42 Å². The van der Waals surface area contributed by atoms with Crippen LogP contribution < -0.4 is 5.32 Å². The Morgan fingerprint density at radius 3 is 2.50 bits per heavy atom. The first kappa shape index (κ1) is 11.3. The van der Waals surface area contributed by atoms with E-state index in [4.69, 9.17) is 0 Å². The van der Waals surface area contributed by atoms with Crippen LogP contribution in [-0.4, -0.2) is 6.04 Å². The second kappa shape index (κ2) is 4.85. The molecule has 0 spiro atoms. The average Bonchev–Trinajstić information content (AvgIpc) is 2.41. The molecule has 1 atom stereocenters. The Bertz CT molecular complexity index is 545. The van der Waals surface area contributed by atoms with Crippen LogP contribution in [0.3, 0.4) is 0 Å². The summed E-state index contributed by atoms with van der Waals surface area (Å²) in [5.74, 6) is 0. The van der Waals surface area contributed by atoms with Crippen LogP contribution in [0.4, 0.5) is 5.69 Å². The summed E-state index contributed by atoms with van der Waals surface area (Å²) in [6, 6.07) is 17.9. The molecule has 0 fully saturated rings. The van der Waals surface area contributed by atoms with E-state index in [-0.39, 0.29) is 0 Å². The second-order valence-electron chi connectivity index (χ2n) is 5.17. The van der Waals surface area contributed by atoms with Crippen LogP contribution >= 0.6 is 0 Å². The Morgan fingerprint density at radius 2 is 1.67 bits per heavy atom. The van der Waals surface area contributed by atoms with E-state index in [1.165, 1.54) is 35.2 Å². The first-order chi connectivity index (χ1) is 8.83. The molecular weight excluding hydrogens is 218 g/mol. The first-order valence-electron chi connectivity index (χ1n) is 6.72. The van der Waals surface area contributed by atoms with Crippen LogP contribution in [-0.2, 0) is 12.8 Å². The minimum Gasteiger partial charge on any atom is -0.382 e. The average molecular weight is 237 g/mol. The van der Waals surface area contributed by atoms with Crippen molar-refractivity contribution in [2.45, 2.75) is 32.2 Å². The zero-order valence-corrected chi connectivity index (χ0v) is 10.8. The lowest BCUT2D eigenvalue weighted by molar-refractivity contribution is 0.610. The van der Waals surface area contributed by atoms with Crippen LogP contribution in [0.1, 0.15) is 23.1 Å². The van der Waals surface area contributed by atoms with Crippen LogP contribution in [0.2, 0.25) is 0 Å². The van der Waals surface area contributed by atoms with Gasteiger partial charge in [0.2, 0.25) is 0 Å². The maximum absolute atomic E-state index is 3.69. The van der Waals surface area contributed by atoms with Gasteiger partial charge in [0.1, 0.15) is 0 Å². The molecule has 0 radical (unpaired) electrons. The first-order valence-corrected chi connectivity index (χ1v) is 6.72. The van der Waals surface area contributed by atoms with E-state index in [2.05, 4.69) is 60.8 Å². The number of hydrogen-bond donors (Lipinski definition) is 1. The molecule has 1 heteroatoms. The Morgan fingerprint density at radius 1 is 0.944 bits per heavy atom. The molecule has 0 saturated heterocycles. The van der Waals surface area contributed by atoms with Crippen LogP contribution in [0.15, 0.2) is 48.5 Å². The summed E-state index contributed by atoms with van der Waals surface area (Å²) >= 11 is 0. The van der Waals surface area contributed by atoms with Gasteiger partial charge in [0.25, 0.3) is 0 Å². The molecule has 0 aromatic heterocycles. The van der Waals surface area contributed by atoms with Gasteiger partial charge in [-0.15, -0.1) is 0 Å². The summed E-state index contributed by atoms with van der Waals surface area (Å²) < 4.78 is 0. The Kier molecular flexibility index (Phi) is 3.06. The molecule has 2 aromatic carbocycles. The van der Waals surface area contributed by atoms with Gasteiger partial charge in [-0.05, 0) is 48.9 Å². The van der Waals surface area contributed by atoms with Crippen LogP contribution in [0, 0.1) is 6.92 Å². The van der Waals surface area contributed by atoms with E-state index in [1.807, 2.05) is 0 Å². The third-order valence-electron chi connectivity index (χ3n) is 3.85. The molecule has 1 aliphatic rings. The van der Waals surface area contributed by atoms with Crippen molar-refractivity contribution >= 4 is 5.69 Å². The standard InChI is InChI=1S/C17H19N/c1-13-6-2-5-9-17(13)18-16-11-10-14-7-3-4-8-15(14)12-16/h2-9,16,18H,10-12H2,1H3. The molecule has 92 valence electrons. The molecular formula is C17H19N. The third-order valence-corrected chi connectivity index (χ3v) is 3.85. The van der Waals surface area contributed by atoms with E-state index in [0.29, 0.717) is 6.04 Å². The molecule has 0 bridgehead atoms. The molecule has 0 heterocycles. The lowest BCUT2D eigenvalue weighted by Gasteiger charge is -2.27. The normalized spacial score (nSPS) is 18.2. The molecule has 1 unspecified atom stereocenters. The molecule has 0 saturated carbocycles. The number of aryl methyl sites for hydroxylation is 2. The van der Waals surface area contributed by atoms with Gasteiger partial charge >= 0.3 is 0 Å². The van der Waals surface area contributed by atoms with Crippen LogP contribution in [0.5, 0.6) is 0 Å². The van der Waals surface area contributed by atoms with Gasteiger partial charge in [0.15, 0.2) is 0 Å². The SMILES string of the molecule is Cc1ccccc1NC1CCc2ccccc2C1. The van der Waals surface area contributed by atoms with Crippen molar-refractivity contribution in [1.29, 1.82) is 0 Å². The Labute approximate surface area is 109 Å². The summed E-state index contributed by atoms with van der Waals surface area (Å²) in [6.07, 6.45) is 3.57. The molecule has 1 nitrogen and oxygen atoms in total. The highest BCUT2D eigenvalue weighted by Crippen LogP contribution is 2.24. The summed E-state index contributed by atoms with van der Waals surface area (Å²) in [4.78, 5) is 0. The zero-order valence-electron chi connectivity index (χ0n) is 10.8. The fourth-order valence-electron chi connectivity index (χ4n) is 2.78. The Balaban J connectivity index is 1.75. The third kappa shape index (κ3) is 2.26. The van der Waals surface area contributed by atoms with E-state index in [9.17, 15) is 0 Å². The van der Waals surface area contributed by atoms with Crippen molar-refractivity contribution in [3.63, 3.8) is 0 Å². The van der Waals surface area contributed by atoms with Gasteiger partial charge in [-0.3, -0.25) is 0 Å². The summed E-state index contributed by atoms with van der Waals surface area (Å²) in [7, 11) is 0. The zero-order chi connectivity index (χ0) is 12.4. The highest BCUT2D eigenvalue weighted by molar-refractivity contribution is 5.51. The van der Waals surface area contributed by atoms with E-state index in [1.54, 1.807) is 0 Å². The number of fused-ring (bicyclic) bond motifs is 1. The quantitative estimate of drug-likeness (QED) is 0.833. The highest BCUT2D eigenvalue weighted by Gasteiger charge is 2.18. The number of nitrogens with one attached hydrogen (secondary N) is 1. The number of para-hydroxylation sites is 1. The number of benzene rings is 2. The largest absolute Gasteiger partial charge is 0.382 e. The van der Waals surface area contributed by atoms with Gasteiger partial charge in [0.05, 0.1) is 0 Å². The fourth-order valence-corrected chi connectivity index (χ4v) is 2.78. The smallest absolute Gasteiger partial charge is 0.0372 e. The topological polar surface area (TPSA) is 12.0 Å². The second-order valence-corrected chi connectivity index (χ2v) is 5.17. The minimum atomic E-state index is 0.570. The maximum atomic E-state index is 3.69. The van der Waals surface area contributed by atoms with Gasteiger partial charge in [0, 0.05) is 11.7 Å². The lowest BCUT2D eigenvalue weighted by atomic mass is 9.88. The predicted molar refractivity (Wildman–Crippen MR) is 77.1 cm³/mol. The maximum Gasteiger partial charge on any atom is 0.0372 e. The van der Waals surface area contributed by atoms with Crippen molar-refractivity contribution in [3.8, 4) is 0 Å². The molecule has 0 aliphatic heterocycles. The minimum absolute atomic E-state index is 0.570. The van der Waals surface area contributed by atoms with Gasteiger partial charge in [-0.1, -0.05) is 42.5 Å². The number of rotatable bonds is 2. The van der Waals surface area contributed by atoms with Crippen LogP contribution in [0.25, 0.3) is 0 Å². The van der Waals surface area contributed by atoms with E-state index >= 15 is 0 Å². The summed E-state index contributed by atoms with van der Waals surface area (Å²) in [5, 5.41) is 3.69. The number of anilines is 1. The lowest BCUT2D eigenvalue weighted by Crippen LogP contribution is -2.27. The van der Waals surface area contributed by atoms with Gasteiger partial charge < -0.3 is 5.32 Å². The van der Waals surface area contributed by atoms with E-state index < -0.39 is 0 Å². The van der Waals surface area contributed by atoms with Crippen molar-refractivity contribution in [3.05, 3.63) is 65.2 Å². The monoisotopic (exact) mass is 237 g/mol. The Hall–Kier alpha value is -1.76.